The lowest BCUT2D eigenvalue weighted by molar-refractivity contribution is -0.385. The van der Waals surface area contributed by atoms with Gasteiger partial charge in [-0.05, 0) is 13.8 Å². The maximum Gasteiger partial charge on any atom is 0.332 e. The molecule has 21 heavy (non-hydrogen) atoms. The van der Waals surface area contributed by atoms with E-state index in [1.54, 1.807) is 33.0 Å². The van der Waals surface area contributed by atoms with Gasteiger partial charge in [0.25, 0.3) is 0 Å². The highest BCUT2D eigenvalue weighted by Gasteiger charge is 2.27. The second-order valence-electron chi connectivity index (χ2n) is 4.61. The van der Waals surface area contributed by atoms with Gasteiger partial charge in [-0.15, -0.1) is 0 Å². The molecule has 1 N–H and O–H groups in total. The van der Waals surface area contributed by atoms with Gasteiger partial charge in [0, 0.05) is 27.7 Å². The molecule has 0 atom stereocenters. The van der Waals surface area contributed by atoms with E-state index in [2.05, 4.69) is 15.3 Å². The van der Waals surface area contributed by atoms with Gasteiger partial charge in [0.15, 0.2) is 0 Å². The molecule has 1 aromatic rings. The van der Waals surface area contributed by atoms with Crippen molar-refractivity contribution in [2.45, 2.75) is 13.8 Å². The summed E-state index contributed by atoms with van der Waals surface area (Å²) in [5.74, 6) is 0.270. The maximum atomic E-state index is 11.9. The molecule has 0 fully saturated rings. The molecule has 0 bridgehead atoms. The number of rotatable bonds is 6. The molecule has 0 aliphatic rings. The predicted octanol–water partition coefficient (Wildman–Crippen LogP) is 0.649. The van der Waals surface area contributed by atoms with Crippen LogP contribution in [-0.4, -0.2) is 59.9 Å². The lowest BCUT2D eigenvalue weighted by atomic mass is 10.3. The summed E-state index contributed by atoms with van der Waals surface area (Å²) in [5, 5.41) is 14.0. The number of likely N-dealkylation sites (N-methyl/N-ethyl adjacent to an activating group) is 2. The van der Waals surface area contributed by atoms with E-state index in [0.29, 0.717) is 6.54 Å². The van der Waals surface area contributed by atoms with E-state index >= 15 is 0 Å². The molecule has 0 radical (unpaired) electrons. The third-order valence-corrected chi connectivity index (χ3v) is 2.95. The fourth-order valence-electron chi connectivity index (χ4n) is 1.74. The highest BCUT2D eigenvalue weighted by molar-refractivity contribution is 5.81. The number of hydrogen-bond acceptors (Lipinski definition) is 7. The highest BCUT2D eigenvalue weighted by atomic mass is 16.6. The first-order chi connectivity index (χ1) is 9.81. The number of amides is 1. The van der Waals surface area contributed by atoms with Crippen molar-refractivity contribution in [3.05, 3.63) is 15.8 Å². The van der Waals surface area contributed by atoms with Crippen molar-refractivity contribution in [2.24, 2.45) is 0 Å². The maximum absolute atomic E-state index is 11.9. The highest BCUT2D eigenvalue weighted by Crippen LogP contribution is 2.29. The molecule has 1 rings (SSSR count). The molecular formula is C12H20N6O3. The molecule has 0 aromatic carbocycles. The molecule has 0 aliphatic heterocycles. The summed E-state index contributed by atoms with van der Waals surface area (Å²) >= 11 is 0. The summed E-state index contributed by atoms with van der Waals surface area (Å²) < 4.78 is 0. The second kappa shape index (κ2) is 6.82. The Hall–Kier alpha value is -2.45. The Bertz CT molecular complexity index is 546. The second-order valence-corrected chi connectivity index (χ2v) is 4.61. The zero-order chi connectivity index (χ0) is 16.2. The molecule has 0 saturated carbocycles. The van der Waals surface area contributed by atoms with Crippen LogP contribution in [0, 0.1) is 17.0 Å². The van der Waals surface area contributed by atoms with E-state index in [1.165, 1.54) is 4.90 Å². The molecule has 0 spiro atoms. The van der Waals surface area contributed by atoms with Crippen molar-refractivity contribution < 1.29 is 9.72 Å². The fraction of sp³-hybridized carbons (Fsp3) is 0.583. The van der Waals surface area contributed by atoms with Crippen LogP contribution in [0.2, 0.25) is 0 Å². The van der Waals surface area contributed by atoms with E-state index in [9.17, 15) is 14.9 Å². The lowest BCUT2D eigenvalue weighted by Gasteiger charge is -2.23. The first-order valence-electron chi connectivity index (χ1n) is 6.47. The molecule has 0 aliphatic carbocycles. The van der Waals surface area contributed by atoms with Gasteiger partial charge in [0.05, 0.1) is 11.5 Å². The summed E-state index contributed by atoms with van der Waals surface area (Å²) in [7, 11) is 4.90. The standard InChI is InChI=1S/C12H20N6O3/c1-6-17(7-9(19)16(4)5)11-10(18(20)21)8(2)14-12(13-3)15-11/h6-7H2,1-5H3,(H,13,14,15). The van der Waals surface area contributed by atoms with Gasteiger partial charge >= 0.3 is 5.69 Å². The van der Waals surface area contributed by atoms with Gasteiger partial charge in [-0.3, -0.25) is 14.9 Å². The number of aryl methyl sites for hydroxylation is 1. The minimum Gasteiger partial charge on any atom is -0.357 e. The Labute approximate surface area is 123 Å². The van der Waals surface area contributed by atoms with Crippen LogP contribution in [0.4, 0.5) is 17.5 Å². The number of carbonyl (C=O) groups is 1. The van der Waals surface area contributed by atoms with Crippen molar-refractivity contribution in [1.82, 2.24) is 14.9 Å². The van der Waals surface area contributed by atoms with Crippen LogP contribution in [0.15, 0.2) is 0 Å². The van der Waals surface area contributed by atoms with Gasteiger partial charge in [0.2, 0.25) is 17.7 Å². The van der Waals surface area contributed by atoms with Crippen LogP contribution < -0.4 is 10.2 Å². The van der Waals surface area contributed by atoms with Crippen LogP contribution in [-0.2, 0) is 4.79 Å². The topological polar surface area (TPSA) is 104 Å². The van der Waals surface area contributed by atoms with Gasteiger partial charge in [-0.1, -0.05) is 0 Å². The number of anilines is 2. The Morgan fingerprint density at radius 2 is 2.00 bits per heavy atom. The number of hydrogen-bond donors (Lipinski definition) is 1. The van der Waals surface area contributed by atoms with E-state index in [0.717, 1.165) is 0 Å². The molecule has 0 unspecified atom stereocenters. The predicted molar refractivity (Wildman–Crippen MR) is 79.6 cm³/mol. The molecule has 1 heterocycles. The molecular weight excluding hydrogens is 276 g/mol. The first kappa shape index (κ1) is 16.6. The quantitative estimate of drug-likeness (QED) is 0.607. The summed E-state index contributed by atoms with van der Waals surface area (Å²) in [5.41, 5.74) is 0.0764. The fourth-order valence-corrected chi connectivity index (χ4v) is 1.74. The number of carbonyl (C=O) groups excluding carboxylic acids is 1. The van der Waals surface area contributed by atoms with Crippen molar-refractivity contribution >= 4 is 23.4 Å². The largest absolute Gasteiger partial charge is 0.357 e. The van der Waals surface area contributed by atoms with Crippen molar-refractivity contribution in [3.63, 3.8) is 0 Å². The monoisotopic (exact) mass is 296 g/mol. The van der Waals surface area contributed by atoms with Crippen LogP contribution in [0.5, 0.6) is 0 Å². The number of nitrogens with zero attached hydrogens (tertiary/aromatic N) is 5. The summed E-state index contributed by atoms with van der Waals surface area (Å²) in [4.78, 5) is 33.8. The van der Waals surface area contributed by atoms with Crippen LogP contribution >= 0.6 is 0 Å². The summed E-state index contributed by atoms with van der Waals surface area (Å²) in [6.45, 7) is 3.79. The van der Waals surface area contributed by atoms with Crippen LogP contribution in [0.1, 0.15) is 12.6 Å². The number of nitro groups is 1. The summed E-state index contributed by atoms with van der Waals surface area (Å²) in [6.07, 6.45) is 0. The van der Waals surface area contributed by atoms with E-state index in [1.807, 2.05) is 6.92 Å². The van der Waals surface area contributed by atoms with Gasteiger partial charge in [0.1, 0.15) is 5.69 Å². The lowest BCUT2D eigenvalue weighted by Crippen LogP contribution is -2.37. The van der Waals surface area contributed by atoms with Gasteiger partial charge in [-0.2, -0.15) is 4.98 Å². The SMILES string of the molecule is CCN(CC(=O)N(C)C)c1nc(NC)nc(C)c1[N+](=O)[O-]. The molecule has 9 nitrogen and oxygen atoms in total. The van der Waals surface area contributed by atoms with Gasteiger partial charge < -0.3 is 15.1 Å². The van der Waals surface area contributed by atoms with Crippen LogP contribution in [0.3, 0.4) is 0 Å². The van der Waals surface area contributed by atoms with E-state index < -0.39 is 4.92 Å². The van der Waals surface area contributed by atoms with Crippen molar-refractivity contribution in [1.29, 1.82) is 0 Å². The molecule has 1 aromatic heterocycles. The minimum absolute atomic E-state index is 0.0178. The zero-order valence-corrected chi connectivity index (χ0v) is 12.9. The van der Waals surface area contributed by atoms with Crippen molar-refractivity contribution in [2.75, 3.05) is 44.4 Å². The van der Waals surface area contributed by atoms with E-state index in [-0.39, 0.29) is 35.6 Å². The van der Waals surface area contributed by atoms with Crippen LogP contribution in [0.25, 0.3) is 0 Å². The van der Waals surface area contributed by atoms with Crippen molar-refractivity contribution in [3.8, 4) is 0 Å². The third kappa shape index (κ3) is 3.77. The van der Waals surface area contributed by atoms with Gasteiger partial charge in [-0.25, -0.2) is 4.98 Å². The normalized spacial score (nSPS) is 10.1. The molecule has 9 heteroatoms. The number of nitrogens with one attached hydrogen (secondary N) is 1. The molecule has 1 amide bonds. The van der Waals surface area contributed by atoms with E-state index in [4.69, 9.17) is 0 Å². The molecule has 116 valence electrons. The third-order valence-electron chi connectivity index (χ3n) is 2.95. The Morgan fingerprint density at radius 3 is 2.43 bits per heavy atom. The first-order valence-corrected chi connectivity index (χ1v) is 6.47. The minimum atomic E-state index is -0.521. The average Bonchev–Trinajstić information content (AvgIpc) is 2.42. The number of aromatic nitrogens is 2. The Morgan fingerprint density at radius 1 is 1.38 bits per heavy atom. The Kier molecular flexibility index (Phi) is 5.39. The molecule has 0 saturated heterocycles. The summed E-state index contributed by atoms with van der Waals surface area (Å²) in [6, 6.07) is 0. The smallest absolute Gasteiger partial charge is 0.332 e. The average molecular weight is 296 g/mol. The zero-order valence-electron chi connectivity index (χ0n) is 12.9. The Balaban J connectivity index is 3.32.